The van der Waals surface area contributed by atoms with E-state index in [9.17, 15) is 13.2 Å². The number of fused-ring (bicyclic) bond motifs is 1. The van der Waals surface area contributed by atoms with Crippen molar-refractivity contribution in [3.05, 3.63) is 167 Å². The molecule has 240 valence electrons. The lowest BCUT2D eigenvalue weighted by Gasteiger charge is -2.25. The molecule has 2 aromatic heterocycles. The first-order valence-electron chi connectivity index (χ1n) is 15.3. The van der Waals surface area contributed by atoms with Crippen LogP contribution in [0.2, 0.25) is 0 Å². The van der Waals surface area contributed by atoms with Gasteiger partial charge in [0.15, 0.2) is 5.82 Å². The first-order valence-corrected chi connectivity index (χ1v) is 16.8. The predicted octanol–water partition coefficient (Wildman–Crippen LogP) is 8.07. The van der Waals surface area contributed by atoms with Gasteiger partial charge in [0.05, 0.1) is 15.8 Å². The zero-order chi connectivity index (χ0) is 33.8. The average molecular weight is 664 g/mol. The molecule has 0 atom stereocenters. The van der Waals surface area contributed by atoms with Crippen LogP contribution in [0, 0.1) is 0 Å². The highest BCUT2D eigenvalue weighted by molar-refractivity contribution is 7.89. The first kappa shape index (κ1) is 31.3. The van der Waals surface area contributed by atoms with Crippen molar-refractivity contribution in [2.45, 2.75) is 4.90 Å². The number of aromatic nitrogens is 3. The first-order chi connectivity index (χ1) is 23.8. The summed E-state index contributed by atoms with van der Waals surface area (Å²) in [6.07, 6.45) is 5.70. The van der Waals surface area contributed by atoms with Crippen molar-refractivity contribution in [2.75, 3.05) is 4.90 Å². The van der Waals surface area contributed by atoms with Crippen molar-refractivity contribution in [2.24, 2.45) is 5.14 Å². The van der Waals surface area contributed by atoms with E-state index in [-0.39, 0.29) is 10.5 Å². The maximum absolute atomic E-state index is 13.1. The summed E-state index contributed by atoms with van der Waals surface area (Å²) in [7, 11) is -3.81. The van der Waals surface area contributed by atoms with Gasteiger partial charge in [-0.15, -0.1) is 0 Å². The molecule has 10 heteroatoms. The number of nitrogens with zero attached hydrogens (tertiary/aromatic N) is 3. The van der Waals surface area contributed by atoms with Crippen LogP contribution >= 0.6 is 0 Å². The Morgan fingerprint density at radius 1 is 0.673 bits per heavy atom. The van der Waals surface area contributed by atoms with E-state index >= 15 is 0 Å². The summed E-state index contributed by atoms with van der Waals surface area (Å²) in [5.41, 5.74) is 5.76. The second kappa shape index (κ2) is 13.4. The molecule has 2 heterocycles. The number of benzene rings is 5. The van der Waals surface area contributed by atoms with Gasteiger partial charge in [0, 0.05) is 23.3 Å². The molecule has 0 spiro atoms. The fraction of sp³-hybridized carbons (Fsp3) is 0. The largest absolute Gasteiger partial charge is 0.457 e. The smallest absolute Gasteiger partial charge is 0.259 e. The van der Waals surface area contributed by atoms with Crippen LogP contribution in [-0.4, -0.2) is 23.4 Å². The minimum absolute atomic E-state index is 0.0246. The molecule has 0 saturated carbocycles. The molecule has 5 aromatic carbocycles. The Morgan fingerprint density at radius 2 is 1.29 bits per heavy atom. The Kier molecular flexibility index (Phi) is 8.55. The fourth-order valence-electron chi connectivity index (χ4n) is 5.34. The van der Waals surface area contributed by atoms with Gasteiger partial charge in [0.1, 0.15) is 17.2 Å². The fourth-order valence-corrected chi connectivity index (χ4v) is 5.86. The molecule has 7 aromatic rings. The van der Waals surface area contributed by atoms with Crippen molar-refractivity contribution >= 4 is 50.1 Å². The van der Waals surface area contributed by atoms with Crippen LogP contribution in [0.3, 0.4) is 0 Å². The van der Waals surface area contributed by atoms with Gasteiger partial charge in [-0.2, -0.15) is 0 Å². The number of pyridine rings is 1. The van der Waals surface area contributed by atoms with Crippen molar-refractivity contribution in [1.82, 2.24) is 15.0 Å². The molecule has 0 amide bonds. The van der Waals surface area contributed by atoms with E-state index in [2.05, 4.69) is 68.4 Å². The van der Waals surface area contributed by atoms with Crippen molar-refractivity contribution < 1.29 is 13.2 Å². The summed E-state index contributed by atoms with van der Waals surface area (Å²) in [6, 6.07) is 43.3. The lowest BCUT2D eigenvalue weighted by atomic mass is 10.1. The SMILES string of the molecule is NS(=O)(=O)c1ccc(Oc2ccc3nc(-c4cc(/C=C/c5ccc(N(c6ccccc6)c6ccccc6)cc5)ccn4)[nH]c(=O)c3c2)cc1. The molecule has 3 N–H and O–H groups in total. The van der Waals surface area contributed by atoms with Crippen molar-refractivity contribution in [3.63, 3.8) is 0 Å². The van der Waals surface area contributed by atoms with Crippen LogP contribution < -0.4 is 20.3 Å². The van der Waals surface area contributed by atoms with E-state index in [0.29, 0.717) is 33.9 Å². The molecule has 0 aliphatic carbocycles. The molecule has 0 aliphatic rings. The number of anilines is 3. The maximum Gasteiger partial charge on any atom is 0.259 e. The number of para-hydroxylation sites is 2. The van der Waals surface area contributed by atoms with Gasteiger partial charge >= 0.3 is 0 Å². The number of nitrogens with two attached hydrogens (primary N) is 1. The number of hydrogen-bond donors (Lipinski definition) is 2. The van der Waals surface area contributed by atoms with Crippen LogP contribution in [0.5, 0.6) is 11.5 Å². The normalized spacial score (nSPS) is 11.5. The summed E-state index contributed by atoms with van der Waals surface area (Å²) in [5.74, 6) is 1.12. The lowest BCUT2D eigenvalue weighted by Crippen LogP contribution is -2.11. The van der Waals surface area contributed by atoms with E-state index in [1.165, 1.54) is 24.3 Å². The monoisotopic (exact) mass is 663 g/mol. The van der Waals surface area contributed by atoms with Crippen LogP contribution in [-0.2, 0) is 10.0 Å². The van der Waals surface area contributed by atoms with E-state index in [0.717, 1.165) is 28.2 Å². The van der Waals surface area contributed by atoms with Gasteiger partial charge in [0.25, 0.3) is 5.56 Å². The van der Waals surface area contributed by atoms with E-state index in [1.807, 2.05) is 60.7 Å². The number of ether oxygens (including phenoxy) is 1. The summed E-state index contributed by atoms with van der Waals surface area (Å²) >= 11 is 0. The second-order valence-electron chi connectivity index (χ2n) is 11.1. The highest BCUT2D eigenvalue weighted by Gasteiger charge is 2.13. The predicted molar refractivity (Wildman–Crippen MR) is 194 cm³/mol. The zero-order valence-corrected chi connectivity index (χ0v) is 26.8. The van der Waals surface area contributed by atoms with E-state index in [4.69, 9.17) is 9.88 Å². The van der Waals surface area contributed by atoms with Crippen molar-refractivity contribution in [1.29, 1.82) is 0 Å². The average Bonchev–Trinajstić information content (AvgIpc) is 3.12. The van der Waals surface area contributed by atoms with Gasteiger partial charge < -0.3 is 14.6 Å². The molecular formula is C39H29N5O4S. The van der Waals surface area contributed by atoms with Crippen LogP contribution in [0.15, 0.2) is 155 Å². The summed E-state index contributed by atoms with van der Waals surface area (Å²) in [6.45, 7) is 0. The molecule has 0 fully saturated rings. The second-order valence-corrected chi connectivity index (χ2v) is 12.7. The van der Waals surface area contributed by atoms with Crippen LogP contribution in [0.25, 0.3) is 34.6 Å². The summed E-state index contributed by atoms with van der Waals surface area (Å²) < 4.78 is 28.9. The van der Waals surface area contributed by atoms with E-state index in [1.54, 1.807) is 24.4 Å². The standard InChI is InChI=1S/C39H29N5O4S/c40-49(46,47)34-20-17-32(18-21-34)48-33-19-22-36-35(26-33)39(45)43-38(42-36)37-25-28(23-24-41-37)12-11-27-13-15-31(16-14-27)44(29-7-3-1-4-8-29)30-9-5-2-6-10-30/h1-26H,(H2,40,46,47)(H,42,43,45)/b12-11+. The Morgan fingerprint density at radius 3 is 1.94 bits per heavy atom. The minimum atomic E-state index is -3.81. The molecule has 7 rings (SSSR count). The number of nitrogens with one attached hydrogen (secondary N) is 1. The number of primary sulfonamides is 1. The molecule has 0 unspecified atom stereocenters. The summed E-state index contributed by atoms with van der Waals surface area (Å²) in [5, 5.41) is 5.49. The Hall–Kier alpha value is -6.36. The van der Waals surface area contributed by atoms with Crippen LogP contribution in [0.1, 0.15) is 11.1 Å². The molecule has 0 saturated heterocycles. The topological polar surface area (TPSA) is 131 Å². The molecule has 49 heavy (non-hydrogen) atoms. The maximum atomic E-state index is 13.1. The Bertz CT molecular complexity index is 2410. The Balaban J connectivity index is 1.09. The van der Waals surface area contributed by atoms with Crippen LogP contribution in [0.4, 0.5) is 17.1 Å². The van der Waals surface area contributed by atoms with Crippen molar-refractivity contribution in [3.8, 4) is 23.0 Å². The van der Waals surface area contributed by atoms with Gasteiger partial charge in [-0.3, -0.25) is 9.78 Å². The minimum Gasteiger partial charge on any atom is -0.457 e. The molecule has 9 nitrogen and oxygen atoms in total. The highest BCUT2D eigenvalue weighted by atomic mass is 32.2. The third kappa shape index (κ3) is 7.15. The quantitative estimate of drug-likeness (QED) is 0.160. The third-order valence-electron chi connectivity index (χ3n) is 7.74. The van der Waals surface area contributed by atoms with E-state index < -0.39 is 10.0 Å². The number of sulfonamides is 1. The highest BCUT2D eigenvalue weighted by Crippen LogP contribution is 2.34. The number of H-pyrrole nitrogens is 1. The number of hydrogen-bond acceptors (Lipinski definition) is 7. The van der Waals surface area contributed by atoms with Gasteiger partial charge in [0.2, 0.25) is 10.0 Å². The Labute approximate surface area is 282 Å². The third-order valence-corrected chi connectivity index (χ3v) is 8.67. The van der Waals surface area contributed by atoms with Gasteiger partial charge in [-0.1, -0.05) is 60.7 Å². The molecule has 0 radical (unpaired) electrons. The van der Waals surface area contributed by atoms with Gasteiger partial charge in [-0.25, -0.2) is 18.5 Å². The zero-order valence-electron chi connectivity index (χ0n) is 26.0. The molecule has 0 bridgehead atoms. The molecule has 0 aliphatic heterocycles. The number of rotatable bonds is 9. The van der Waals surface area contributed by atoms with Gasteiger partial charge in [-0.05, 0) is 102 Å². The summed E-state index contributed by atoms with van der Waals surface area (Å²) in [4.78, 5) is 27.2. The number of aromatic amines is 1. The lowest BCUT2D eigenvalue weighted by molar-refractivity contribution is 0.483. The molecular weight excluding hydrogens is 635 g/mol.